The van der Waals surface area contributed by atoms with Gasteiger partial charge in [0.15, 0.2) is 0 Å². The highest BCUT2D eigenvalue weighted by molar-refractivity contribution is 5.84. The maximum absolute atomic E-state index is 13.8. The molecule has 34 heavy (non-hydrogen) atoms. The topological polar surface area (TPSA) is 56.2 Å². The average molecular weight is 460 g/mol. The Hall–Kier alpha value is -2.89. The molecule has 5 saturated carbocycles. The highest BCUT2D eigenvalue weighted by Crippen LogP contribution is 2.66. The van der Waals surface area contributed by atoms with Gasteiger partial charge in [0.05, 0.1) is 17.2 Å². The Morgan fingerprint density at radius 2 is 1.97 bits per heavy atom. The predicted molar refractivity (Wildman–Crippen MR) is 127 cm³/mol. The summed E-state index contributed by atoms with van der Waals surface area (Å²) in [6, 6.07) is 8.59. The first-order valence-corrected chi connectivity index (χ1v) is 12.5. The number of hydrogen-bond acceptors (Lipinski definition) is 3. The van der Waals surface area contributed by atoms with Gasteiger partial charge >= 0.3 is 0 Å². The third-order valence-electron chi connectivity index (χ3n) is 9.20. The third kappa shape index (κ3) is 2.96. The van der Waals surface area contributed by atoms with E-state index in [1.807, 2.05) is 6.07 Å². The van der Waals surface area contributed by atoms with Crippen molar-refractivity contribution in [3.63, 3.8) is 0 Å². The predicted octanol–water partition coefficient (Wildman–Crippen LogP) is 4.97. The van der Waals surface area contributed by atoms with Crippen molar-refractivity contribution in [3.05, 3.63) is 60.3 Å². The van der Waals surface area contributed by atoms with Gasteiger partial charge in [-0.15, -0.1) is 0 Å². The molecule has 3 aromatic rings. The Labute approximate surface area is 198 Å². The number of pyridine rings is 1. The highest BCUT2D eigenvalue weighted by Gasteiger charge is 2.70. The monoisotopic (exact) mass is 459 g/mol. The first-order chi connectivity index (χ1) is 16.3. The number of halogens is 1. The molecule has 0 radical (unpaired) electrons. The minimum atomic E-state index is -0.280. The fourth-order valence-corrected chi connectivity index (χ4v) is 7.54. The first kappa shape index (κ1) is 20.5. The lowest BCUT2D eigenvalue weighted by molar-refractivity contribution is -0.158. The summed E-state index contributed by atoms with van der Waals surface area (Å²) in [5.74, 6) is 2.26. The van der Waals surface area contributed by atoms with Gasteiger partial charge in [-0.1, -0.05) is 6.92 Å². The van der Waals surface area contributed by atoms with E-state index >= 15 is 0 Å². The standard InChI is InChI=1S/C28H30FN3O2/c1-16-6-8-32(12-16)28-13-27(14-28,15-28)31-26(33)17(2)25-20-10-19(11-21(20)25)34-24-5-7-30-23-4-3-18(29)9-22(23)24/h3-9,12,17,19-21,25H,10-11,13-15H2,1-2H3,(H,31,33)/t17?,19?,20-,21+,25?,27?,28?. The molecule has 0 aliphatic heterocycles. The van der Waals surface area contributed by atoms with E-state index in [2.05, 4.69) is 47.2 Å². The summed E-state index contributed by atoms with van der Waals surface area (Å²) in [4.78, 5) is 17.4. The van der Waals surface area contributed by atoms with Crippen LogP contribution in [0.5, 0.6) is 5.75 Å². The average Bonchev–Trinajstić information content (AvgIpc) is 3.06. The number of aromatic nitrogens is 2. The van der Waals surface area contributed by atoms with Gasteiger partial charge < -0.3 is 14.6 Å². The van der Waals surface area contributed by atoms with E-state index in [1.165, 1.54) is 17.7 Å². The summed E-state index contributed by atoms with van der Waals surface area (Å²) in [5, 5.41) is 4.14. The van der Waals surface area contributed by atoms with Gasteiger partial charge in [0.25, 0.3) is 0 Å². The van der Waals surface area contributed by atoms with Gasteiger partial charge in [-0.25, -0.2) is 4.39 Å². The summed E-state index contributed by atoms with van der Waals surface area (Å²) < 4.78 is 22.4. The quantitative estimate of drug-likeness (QED) is 0.566. The van der Waals surface area contributed by atoms with Crippen LogP contribution in [0.15, 0.2) is 48.9 Å². The molecule has 2 bridgehead atoms. The van der Waals surface area contributed by atoms with Crippen LogP contribution >= 0.6 is 0 Å². The zero-order valence-corrected chi connectivity index (χ0v) is 19.6. The minimum absolute atomic E-state index is 0.0246. The van der Waals surface area contributed by atoms with Crippen LogP contribution in [0.3, 0.4) is 0 Å². The lowest BCUT2D eigenvalue weighted by Crippen LogP contribution is -2.78. The van der Waals surface area contributed by atoms with Crippen LogP contribution in [0.2, 0.25) is 0 Å². The molecule has 5 atom stereocenters. The van der Waals surface area contributed by atoms with Crippen LogP contribution in [-0.2, 0) is 10.3 Å². The van der Waals surface area contributed by atoms with Crippen molar-refractivity contribution in [1.29, 1.82) is 0 Å². The summed E-state index contributed by atoms with van der Waals surface area (Å²) >= 11 is 0. The van der Waals surface area contributed by atoms with Crippen LogP contribution in [-0.4, -0.2) is 27.1 Å². The smallest absolute Gasteiger partial charge is 0.223 e. The van der Waals surface area contributed by atoms with Crippen molar-refractivity contribution >= 4 is 16.8 Å². The molecule has 6 heteroatoms. The molecule has 5 aliphatic rings. The second-order valence-corrected chi connectivity index (χ2v) is 11.5. The van der Waals surface area contributed by atoms with Crippen LogP contribution < -0.4 is 10.1 Å². The van der Waals surface area contributed by atoms with E-state index in [0.717, 1.165) is 43.0 Å². The zero-order valence-electron chi connectivity index (χ0n) is 19.6. The van der Waals surface area contributed by atoms with Gasteiger partial charge in [-0.3, -0.25) is 9.78 Å². The Morgan fingerprint density at radius 3 is 2.68 bits per heavy atom. The number of nitrogens with zero attached hydrogens (tertiary/aromatic N) is 2. The molecular formula is C28H30FN3O2. The summed E-state index contributed by atoms with van der Waals surface area (Å²) in [6.07, 6.45) is 11.3. The molecule has 5 aliphatic carbocycles. The second-order valence-electron chi connectivity index (χ2n) is 11.5. The molecule has 0 spiro atoms. The molecule has 0 saturated heterocycles. The SMILES string of the molecule is Cc1ccn(C23CC(NC(=O)C(C)C4[C@H]5CC(Oc6ccnc7ccc(F)cc67)C[C@@H]45)(C2)C3)c1. The number of carbonyl (C=O) groups excluding carboxylic acids is 1. The fourth-order valence-electron chi connectivity index (χ4n) is 7.54. The molecule has 3 unspecified atom stereocenters. The molecule has 1 aromatic carbocycles. The second kappa shape index (κ2) is 6.83. The number of carbonyl (C=O) groups is 1. The van der Waals surface area contributed by atoms with Crippen LogP contribution in [0.4, 0.5) is 4.39 Å². The third-order valence-corrected chi connectivity index (χ3v) is 9.20. The molecule has 2 aromatic heterocycles. The lowest BCUT2D eigenvalue weighted by atomic mass is 9.44. The maximum Gasteiger partial charge on any atom is 0.223 e. The van der Waals surface area contributed by atoms with Crippen molar-refractivity contribution < 1.29 is 13.9 Å². The van der Waals surface area contributed by atoms with Crippen molar-refractivity contribution in [2.24, 2.45) is 23.7 Å². The van der Waals surface area contributed by atoms with Crippen molar-refractivity contribution in [1.82, 2.24) is 14.9 Å². The largest absolute Gasteiger partial charge is 0.490 e. The number of ether oxygens (including phenoxy) is 1. The molecule has 5 fully saturated rings. The van der Waals surface area contributed by atoms with Gasteiger partial charge in [0.1, 0.15) is 11.6 Å². The van der Waals surface area contributed by atoms with E-state index in [9.17, 15) is 9.18 Å². The minimum Gasteiger partial charge on any atom is -0.490 e. The highest BCUT2D eigenvalue weighted by atomic mass is 19.1. The molecule has 1 amide bonds. The van der Waals surface area contributed by atoms with Crippen molar-refractivity contribution in [3.8, 4) is 5.75 Å². The van der Waals surface area contributed by atoms with Crippen molar-refractivity contribution in [2.45, 2.75) is 63.1 Å². The summed E-state index contributed by atoms with van der Waals surface area (Å²) in [6.45, 7) is 4.23. The zero-order chi connectivity index (χ0) is 23.2. The van der Waals surface area contributed by atoms with E-state index in [1.54, 1.807) is 12.3 Å². The van der Waals surface area contributed by atoms with Gasteiger partial charge in [0.2, 0.25) is 5.91 Å². The first-order valence-electron chi connectivity index (χ1n) is 12.5. The lowest BCUT2D eigenvalue weighted by Gasteiger charge is -2.71. The Bertz CT molecular complexity index is 1280. The normalized spacial score (nSPS) is 35.7. The van der Waals surface area contributed by atoms with E-state index < -0.39 is 0 Å². The molecule has 8 rings (SSSR count). The molecule has 5 nitrogen and oxygen atoms in total. The van der Waals surface area contributed by atoms with Crippen molar-refractivity contribution in [2.75, 3.05) is 0 Å². The number of hydrogen-bond donors (Lipinski definition) is 1. The number of amides is 1. The van der Waals surface area contributed by atoms with Gasteiger partial charge in [0, 0.05) is 35.4 Å². The van der Waals surface area contributed by atoms with E-state index in [4.69, 9.17) is 4.74 Å². The van der Waals surface area contributed by atoms with Gasteiger partial charge in [-0.2, -0.15) is 0 Å². The summed E-state index contributed by atoms with van der Waals surface area (Å²) in [5.41, 5.74) is 2.30. The number of nitrogens with one attached hydrogen (secondary N) is 1. The van der Waals surface area contributed by atoms with Crippen LogP contribution in [0.1, 0.15) is 44.6 Å². The van der Waals surface area contributed by atoms with Gasteiger partial charge in [-0.05, 0) is 92.7 Å². The maximum atomic E-state index is 13.8. The fraction of sp³-hybridized carbons (Fsp3) is 0.500. The van der Waals surface area contributed by atoms with E-state index in [-0.39, 0.29) is 34.8 Å². The van der Waals surface area contributed by atoms with Crippen LogP contribution in [0.25, 0.3) is 10.9 Å². The number of benzene rings is 1. The molecule has 2 heterocycles. The molecule has 1 N–H and O–H groups in total. The number of rotatable bonds is 6. The number of aryl methyl sites for hydroxylation is 1. The molecule has 176 valence electrons. The summed E-state index contributed by atoms with van der Waals surface area (Å²) in [7, 11) is 0. The number of fused-ring (bicyclic) bond motifs is 2. The Kier molecular flexibility index (Phi) is 4.12. The molecular weight excluding hydrogens is 429 g/mol. The Morgan fingerprint density at radius 1 is 1.21 bits per heavy atom. The Balaban J connectivity index is 0.941. The van der Waals surface area contributed by atoms with E-state index in [0.29, 0.717) is 23.5 Å². The van der Waals surface area contributed by atoms with Crippen LogP contribution in [0, 0.1) is 36.4 Å².